The van der Waals surface area contributed by atoms with E-state index in [0.717, 1.165) is 11.1 Å². The minimum absolute atomic E-state index is 0.304. The third-order valence-electron chi connectivity index (χ3n) is 3.22. The molecule has 0 spiro atoms. The van der Waals surface area contributed by atoms with Crippen LogP contribution in [0.2, 0.25) is 0 Å². The monoisotopic (exact) mass is 283 g/mol. The molecule has 21 heavy (non-hydrogen) atoms. The smallest absolute Gasteiger partial charge is 0.338 e. The molecule has 0 aliphatic heterocycles. The highest BCUT2D eigenvalue weighted by Gasteiger charge is 2.13. The van der Waals surface area contributed by atoms with Gasteiger partial charge in [-0.05, 0) is 43.2 Å². The molecule has 0 saturated heterocycles. The van der Waals surface area contributed by atoms with E-state index in [-0.39, 0.29) is 12.5 Å². The Hall–Kier alpha value is -2.62. The molecule has 0 heterocycles. The second-order valence-electron chi connectivity index (χ2n) is 4.74. The van der Waals surface area contributed by atoms with Crippen LogP contribution in [0.3, 0.4) is 0 Å². The van der Waals surface area contributed by atoms with Crippen LogP contribution < -0.4 is 5.32 Å². The van der Waals surface area contributed by atoms with Crippen LogP contribution >= 0.6 is 0 Å². The Labute approximate surface area is 123 Å². The van der Waals surface area contributed by atoms with Crippen molar-refractivity contribution in [3.05, 3.63) is 65.2 Å². The van der Waals surface area contributed by atoms with Crippen molar-refractivity contribution in [3.8, 4) is 0 Å². The number of hydrogen-bond donors (Lipinski definition) is 1. The summed E-state index contributed by atoms with van der Waals surface area (Å²) in [4.78, 5) is 23.7. The Morgan fingerprint density at radius 1 is 1.00 bits per heavy atom. The lowest BCUT2D eigenvalue weighted by Crippen LogP contribution is -2.21. The first kappa shape index (κ1) is 14.8. The summed E-state index contributed by atoms with van der Waals surface area (Å²) in [5.74, 6) is -0.848. The van der Waals surface area contributed by atoms with Gasteiger partial charge in [0.2, 0.25) is 0 Å². The Bertz CT molecular complexity index is 650. The van der Waals surface area contributed by atoms with Crippen molar-refractivity contribution < 1.29 is 14.3 Å². The predicted octanol–water partition coefficient (Wildman–Crippen LogP) is 3.10. The lowest BCUT2D eigenvalue weighted by Gasteiger charge is -2.09. The molecule has 2 aromatic rings. The molecular weight excluding hydrogens is 266 g/mol. The maximum atomic E-state index is 12.0. The Kier molecular flexibility index (Phi) is 4.72. The number of benzene rings is 2. The maximum Gasteiger partial charge on any atom is 0.338 e. The zero-order valence-electron chi connectivity index (χ0n) is 12.1. The number of ether oxygens (including phenoxy) is 1. The first-order valence-corrected chi connectivity index (χ1v) is 6.66. The summed E-state index contributed by atoms with van der Waals surface area (Å²) in [6.07, 6.45) is 0. The molecule has 2 rings (SSSR count). The number of carbonyl (C=O) groups is 2. The standard InChI is InChI=1S/C17H17NO3/c1-12-7-6-10-15(13(12)2)17(20)21-11-16(19)18-14-8-4-3-5-9-14/h3-10H,11H2,1-2H3,(H,18,19). The Morgan fingerprint density at radius 3 is 2.43 bits per heavy atom. The van der Waals surface area contributed by atoms with Gasteiger partial charge in [-0.2, -0.15) is 0 Å². The molecule has 0 aromatic heterocycles. The van der Waals surface area contributed by atoms with Gasteiger partial charge in [-0.25, -0.2) is 4.79 Å². The van der Waals surface area contributed by atoms with Crippen molar-refractivity contribution in [2.75, 3.05) is 11.9 Å². The first-order chi connectivity index (χ1) is 10.1. The Balaban J connectivity index is 1.92. The number of esters is 1. The van der Waals surface area contributed by atoms with E-state index < -0.39 is 5.97 Å². The Morgan fingerprint density at radius 2 is 1.71 bits per heavy atom. The molecular formula is C17H17NO3. The first-order valence-electron chi connectivity index (χ1n) is 6.66. The van der Waals surface area contributed by atoms with Crippen LogP contribution in [-0.2, 0) is 9.53 Å². The summed E-state index contributed by atoms with van der Waals surface area (Å²) in [6, 6.07) is 14.4. The average molecular weight is 283 g/mol. The van der Waals surface area contributed by atoms with E-state index in [0.29, 0.717) is 11.3 Å². The van der Waals surface area contributed by atoms with Gasteiger partial charge in [-0.15, -0.1) is 0 Å². The fourth-order valence-electron chi connectivity index (χ4n) is 1.90. The SMILES string of the molecule is Cc1cccc(C(=O)OCC(=O)Nc2ccccc2)c1C. The predicted molar refractivity (Wildman–Crippen MR) is 81.3 cm³/mol. The van der Waals surface area contributed by atoms with Crippen molar-refractivity contribution in [3.63, 3.8) is 0 Å². The zero-order chi connectivity index (χ0) is 15.2. The minimum atomic E-state index is -0.487. The molecule has 0 bridgehead atoms. The quantitative estimate of drug-likeness (QED) is 0.877. The molecule has 0 atom stereocenters. The molecule has 1 amide bonds. The molecule has 2 aromatic carbocycles. The van der Waals surface area contributed by atoms with Crippen molar-refractivity contribution in [1.82, 2.24) is 0 Å². The average Bonchev–Trinajstić information content (AvgIpc) is 2.48. The fourth-order valence-corrected chi connectivity index (χ4v) is 1.90. The second kappa shape index (κ2) is 6.70. The van der Waals surface area contributed by atoms with Gasteiger partial charge in [0.05, 0.1) is 5.56 Å². The third kappa shape index (κ3) is 3.92. The van der Waals surface area contributed by atoms with Gasteiger partial charge in [0.15, 0.2) is 6.61 Å². The maximum absolute atomic E-state index is 12.0. The van der Waals surface area contributed by atoms with E-state index in [2.05, 4.69) is 5.32 Å². The van der Waals surface area contributed by atoms with E-state index in [9.17, 15) is 9.59 Å². The van der Waals surface area contributed by atoms with Crippen LogP contribution in [-0.4, -0.2) is 18.5 Å². The molecule has 1 N–H and O–H groups in total. The van der Waals surface area contributed by atoms with Crippen LogP contribution in [0.4, 0.5) is 5.69 Å². The normalized spacial score (nSPS) is 10.0. The molecule has 4 nitrogen and oxygen atoms in total. The van der Waals surface area contributed by atoms with Crippen LogP contribution in [0.25, 0.3) is 0 Å². The number of carbonyl (C=O) groups excluding carboxylic acids is 2. The number of aryl methyl sites for hydroxylation is 1. The molecule has 108 valence electrons. The third-order valence-corrected chi connectivity index (χ3v) is 3.22. The number of hydrogen-bond acceptors (Lipinski definition) is 3. The molecule has 0 radical (unpaired) electrons. The van der Waals surface area contributed by atoms with Gasteiger partial charge in [-0.1, -0.05) is 30.3 Å². The number of anilines is 1. The second-order valence-corrected chi connectivity index (χ2v) is 4.74. The van der Waals surface area contributed by atoms with Crippen molar-refractivity contribution in [1.29, 1.82) is 0 Å². The molecule has 0 aliphatic carbocycles. The van der Waals surface area contributed by atoms with Gasteiger partial charge in [0, 0.05) is 5.69 Å². The number of para-hydroxylation sites is 1. The van der Waals surface area contributed by atoms with E-state index >= 15 is 0 Å². The van der Waals surface area contributed by atoms with Crippen LogP contribution in [0, 0.1) is 13.8 Å². The van der Waals surface area contributed by atoms with E-state index in [1.54, 1.807) is 24.3 Å². The highest BCUT2D eigenvalue weighted by Crippen LogP contribution is 2.13. The molecule has 0 unspecified atom stereocenters. The molecule has 0 saturated carbocycles. The van der Waals surface area contributed by atoms with Gasteiger partial charge in [0.25, 0.3) is 5.91 Å². The summed E-state index contributed by atoms with van der Waals surface area (Å²) in [5.41, 5.74) is 3.04. The van der Waals surface area contributed by atoms with Gasteiger partial charge >= 0.3 is 5.97 Å². The number of rotatable bonds is 4. The topological polar surface area (TPSA) is 55.4 Å². The highest BCUT2D eigenvalue weighted by atomic mass is 16.5. The minimum Gasteiger partial charge on any atom is -0.452 e. The van der Waals surface area contributed by atoms with Gasteiger partial charge < -0.3 is 10.1 Å². The molecule has 0 aliphatic rings. The van der Waals surface area contributed by atoms with Crippen LogP contribution in [0.15, 0.2) is 48.5 Å². The van der Waals surface area contributed by atoms with E-state index in [4.69, 9.17) is 4.74 Å². The fraction of sp³-hybridized carbons (Fsp3) is 0.176. The lowest BCUT2D eigenvalue weighted by atomic mass is 10.0. The number of amides is 1. The van der Waals surface area contributed by atoms with E-state index in [1.165, 1.54) is 0 Å². The van der Waals surface area contributed by atoms with Gasteiger partial charge in [0.1, 0.15) is 0 Å². The lowest BCUT2D eigenvalue weighted by molar-refractivity contribution is -0.119. The van der Waals surface area contributed by atoms with Crippen molar-refractivity contribution in [2.24, 2.45) is 0 Å². The molecule has 4 heteroatoms. The molecule has 0 fully saturated rings. The van der Waals surface area contributed by atoms with E-state index in [1.807, 2.05) is 38.1 Å². The van der Waals surface area contributed by atoms with Crippen molar-refractivity contribution >= 4 is 17.6 Å². The van der Waals surface area contributed by atoms with Crippen molar-refractivity contribution in [2.45, 2.75) is 13.8 Å². The summed E-state index contributed by atoms with van der Waals surface area (Å²) < 4.78 is 5.05. The number of nitrogens with one attached hydrogen (secondary N) is 1. The van der Waals surface area contributed by atoms with Crippen LogP contribution in [0.5, 0.6) is 0 Å². The van der Waals surface area contributed by atoms with Crippen LogP contribution in [0.1, 0.15) is 21.5 Å². The van der Waals surface area contributed by atoms with Gasteiger partial charge in [-0.3, -0.25) is 4.79 Å². The largest absolute Gasteiger partial charge is 0.452 e. The zero-order valence-corrected chi connectivity index (χ0v) is 12.1. The summed E-state index contributed by atoms with van der Waals surface area (Å²) in [6.45, 7) is 3.48. The highest BCUT2D eigenvalue weighted by molar-refractivity contribution is 5.96. The summed E-state index contributed by atoms with van der Waals surface area (Å²) >= 11 is 0. The summed E-state index contributed by atoms with van der Waals surface area (Å²) in [5, 5.41) is 2.66. The summed E-state index contributed by atoms with van der Waals surface area (Å²) in [7, 11) is 0.